The molecule has 1 fully saturated rings. The Bertz CT molecular complexity index is 1320. The van der Waals surface area contributed by atoms with Crippen LogP contribution in [0.3, 0.4) is 0 Å². The first-order valence-electron chi connectivity index (χ1n) is 10.7. The number of aromatic nitrogens is 3. The molecule has 1 amide bonds. The zero-order chi connectivity index (χ0) is 22.9. The van der Waals surface area contributed by atoms with E-state index in [2.05, 4.69) is 9.97 Å². The lowest BCUT2D eigenvalue weighted by molar-refractivity contribution is -0.0249. The maximum atomic E-state index is 14.0. The van der Waals surface area contributed by atoms with E-state index < -0.39 is 17.7 Å². The molecule has 1 aliphatic heterocycles. The van der Waals surface area contributed by atoms with E-state index in [1.54, 1.807) is 29.3 Å². The number of benzene rings is 1. The standard InChI is InChI=1S/C25H22F2N4O2/c1-16-8-9-30-14-22(29-24(30)12-16)25(32)31-10-11-33-23(15-31)21-7-2-4-17(28-21)13-18-19(26)5-3-6-20(18)27/h2-9,12,14,23H,10-11,13,15H2,1H3. The third kappa shape index (κ3) is 4.34. The summed E-state index contributed by atoms with van der Waals surface area (Å²) in [6.45, 7) is 3.10. The largest absolute Gasteiger partial charge is 0.368 e. The average Bonchev–Trinajstić information content (AvgIpc) is 3.24. The fourth-order valence-electron chi connectivity index (χ4n) is 4.02. The monoisotopic (exact) mass is 448 g/mol. The molecule has 0 spiro atoms. The van der Waals surface area contributed by atoms with Gasteiger partial charge in [0.05, 0.1) is 18.8 Å². The van der Waals surface area contributed by atoms with Crippen molar-refractivity contribution in [1.82, 2.24) is 19.3 Å². The lowest BCUT2D eigenvalue weighted by Crippen LogP contribution is -2.42. The van der Waals surface area contributed by atoms with Crippen LogP contribution in [-0.4, -0.2) is 44.9 Å². The number of nitrogens with zero attached hydrogens (tertiary/aromatic N) is 4. The van der Waals surface area contributed by atoms with E-state index in [0.29, 0.717) is 36.8 Å². The van der Waals surface area contributed by atoms with Gasteiger partial charge in [0.25, 0.3) is 5.91 Å². The van der Waals surface area contributed by atoms with Crippen molar-refractivity contribution in [3.63, 3.8) is 0 Å². The zero-order valence-electron chi connectivity index (χ0n) is 18.0. The molecule has 33 heavy (non-hydrogen) atoms. The summed E-state index contributed by atoms with van der Waals surface area (Å²) >= 11 is 0. The van der Waals surface area contributed by atoms with E-state index in [4.69, 9.17) is 4.74 Å². The van der Waals surface area contributed by atoms with Gasteiger partial charge in [-0.3, -0.25) is 9.78 Å². The Morgan fingerprint density at radius 3 is 2.73 bits per heavy atom. The van der Waals surface area contributed by atoms with Crippen LogP contribution in [0, 0.1) is 18.6 Å². The smallest absolute Gasteiger partial charge is 0.274 e. The molecule has 0 radical (unpaired) electrons. The Labute approximate surface area is 189 Å². The number of rotatable bonds is 4. The first kappa shape index (κ1) is 21.2. The summed E-state index contributed by atoms with van der Waals surface area (Å²) in [6.07, 6.45) is 3.20. The van der Waals surface area contributed by atoms with Crippen molar-refractivity contribution in [3.05, 3.63) is 101 Å². The topological polar surface area (TPSA) is 59.7 Å². The lowest BCUT2D eigenvalue weighted by atomic mass is 10.1. The number of hydrogen-bond acceptors (Lipinski definition) is 4. The molecule has 1 aliphatic rings. The third-order valence-corrected chi connectivity index (χ3v) is 5.77. The second kappa shape index (κ2) is 8.71. The minimum atomic E-state index is -0.601. The number of pyridine rings is 2. The van der Waals surface area contributed by atoms with Gasteiger partial charge in [-0.15, -0.1) is 0 Å². The number of fused-ring (bicyclic) bond motifs is 1. The first-order chi connectivity index (χ1) is 16.0. The van der Waals surface area contributed by atoms with Crippen LogP contribution in [0.2, 0.25) is 0 Å². The summed E-state index contributed by atoms with van der Waals surface area (Å²) in [5.74, 6) is -1.37. The molecule has 5 rings (SSSR count). The second-order valence-corrected chi connectivity index (χ2v) is 8.14. The fraction of sp³-hybridized carbons (Fsp3) is 0.240. The van der Waals surface area contributed by atoms with Crippen LogP contribution in [0.5, 0.6) is 0 Å². The highest BCUT2D eigenvalue weighted by atomic mass is 19.1. The number of ether oxygens (including phenoxy) is 1. The number of carbonyl (C=O) groups is 1. The Hall–Kier alpha value is -3.65. The van der Waals surface area contributed by atoms with Crippen LogP contribution in [0.4, 0.5) is 8.78 Å². The predicted octanol–water partition coefficient (Wildman–Crippen LogP) is 4.12. The molecule has 4 aromatic rings. The molecule has 0 bridgehead atoms. The van der Waals surface area contributed by atoms with Gasteiger partial charge in [-0.05, 0) is 48.9 Å². The molecule has 1 saturated heterocycles. The van der Waals surface area contributed by atoms with Crippen LogP contribution in [0.15, 0.2) is 60.9 Å². The van der Waals surface area contributed by atoms with Crippen molar-refractivity contribution in [2.45, 2.75) is 19.4 Å². The van der Waals surface area contributed by atoms with Crippen LogP contribution >= 0.6 is 0 Å². The molecule has 0 saturated carbocycles. The van der Waals surface area contributed by atoms with E-state index in [9.17, 15) is 13.6 Å². The Morgan fingerprint density at radius 1 is 1.12 bits per heavy atom. The molecule has 1 atom stereocenters. The van der Waals surface area contributed by atoms with Crippen molar-refractivity contribution >= 4 is 11.6 Å². The van der Waals surface area contributed by atoms with Crippen molar-refractivity contribution in [2.75, 3.05) is 19.7 Å². The van der Waals surface area contributed by atoms with Crippen LogP contribution < -0.4 is 0 Å². The van der Waals surface area contributed by atoms with Crippen molar-refractivity contribution in [1.29, 1.82) is 0 Å². The van der Waals surface area contributed by atoms with Gasteiger partial charge in [-0.1, -0.05) is 12.1 Å². The SMILES string of the molecule is Cc1ccn2cc(C(=O)N3CCOC(c4cccc(Cc5c(F)cccc5F)n4)C3)nc2c1. The molecule has 0 aliphatic carbocycles. The number of amides is 1. The van der Waals surface area contributed by atoms with Gasteiger partial charge in [0, 0.05) is 36.6 Å². The fourth-order valence-corrected chi connectivity index (χ4v) is 4.02. The number of morpholine rings is 1. The lowest BCUT2D eigenvalue weighted by Gasteiger charge is -2.32. The van der Waals surface area contributed by atoms with E-state index in [0.717, 1.165) is 11.2 Å². The van der Waals surface area contributed by atoms with Crippen LogP contribution in [0.25, 0.3) is 5.65 Å². The summed E-state index contributed by atoms with van der Waals surface area (Å²) < 4.78 is 35.8. The zero-order valence-corrected chi connectivity index (χ0v) is 18.0. The Kier molecular flexibility index (Phi) is 5.60. The maximum absolute atomic E-state index is 14.0. The van der Waals surface area contributed by atoms with E-state index in [1.165, 1.54) is 18.2 Å². The number of halogens is 2. The van der Waals surface area contributed by atoms with E-state index in [-0.39, 0.29) is 17.9 Å². The highest BCUT2D eigenvalue weighted by Gasteiger charge is 2.28. The normalized spacial score (nSPS) is 16.3. The highest BCUT2D eigenvalue weighted by molar-refractivity contribution is 5.93. The average molecular weight is 448 g/mol. The predicted molar refractivity (Wildman–Crippen MR) is 118 cm³/mol. The maximum Gasteiger partial charge on any atom is 0.274 e. The third-order valence-electron chi connectivity index (χ3n) is 5.77. The molecule has 168 valence electrons. The summed E-state index contributed by atoms with van der Waals surface area (Å²) in [6, 6.07) is 13.0. The van der Waals surface area contributed by atoms with E-state index in [1.807, 2.05) is 29.7 Å². The van der Waals surface area contributed by atoms with Crippen molar-refractivity contribution < 1.29 is 18.3 Å². The first-order valence-corrected chi connectivity index (χ1v) is 10.7. The number of imidazole rings is 1. The molecular formula is C25H22F2N4O2. The van der Waals surface area contributed by atoms with Gasteiger partial charge < -0.3 is 14.0 Å². The minimum absolute atomic E-state index is 0.0226. The van der Waals surface area contributed by atoms with Gasteiger partial charge in [0.1, 0.15) is 29.1 Å². The molecule has 3 aromatic heterocycles. The molecule has 8 heteroatoms. The van der Waals surface area contributed by atoms with Crippen molar-refractivity contribution in [2.24, 2.45) is 0 Å². The number of carbonyl (C=O) groups excluding carboxylic acids is 1. The van der Waals surface area contributed by atoms with Gasteiger partial charge in [0.15, 0.2) is 0 Å². The Morgan fingerprint density at radius 2 is 1.91 bits per heavy atom. The van der Waals surface area contributed by atoms with Crippen LogP contribution in [0.1, 0.15) is 39.1 Å². The van der Waals surface area contributed by atoms with E-state index >= 15 is 0 Å². The quantitative estimate of drug-likeness (QED) is 0.471. The van der Waals surface area contributed by atoms with Gasteiger partial charge in [-0.25, -0.2) is 13.8 Å². The molecule has 1 aromatic carbocycles. The Balaban J connectivity index is 1.34. The number of aryl methyl sites for hydroxylation is 1. The summed E-state index contributed by atoms with van der Waals surface area (Å²) in [5, 5.41) is 0. The number of hydrogen-bond donors (Lipinski definition) is 0. The molecule has 1 unspecified atom stereocenters. The van der Waals surface area contributed by atoms with Crippen molar-refractivity contribution in [3.8, 4) is 0 Å². The second-order valence-electron chi connectivity index (χ2n) is 8.14. The summed E-state index contributed by atoms with van der Waals surface area (Å²) in [5.41, 5.74) is 3.29. The molecule has 4 heterocycles. The highest BCUT2D eigenvalue weighted by Crippen LogP contribution is 2.24. The molecule has 0 N–H and O–H groups in total. The van der Waals surface area contributed by atoms with Gasteiger partial charge >= 0.3 is 0 Å². The summed E-state index contributed by atoms with van der Waals surface area (Å²) in [7, 11) is 0. The molecule has 6 nitrogen and oxygen atoms in total. The summed E-state index contributed by atoms with van der Waals surface area (Å²) in [4.78, 5) is 23.8. The molecular weight excluding hydrogens is 426 g/mol. The van der Waals surface area contributed by atoms with Gasteiger partial charge in [0.2, 0.25) is 0 Å². The minimum Gasteiger partial charge on any atom is -0.368 e. The van der Waals surface area contributed by atoms with Gasteiger partial charge in [-0.2, -0.15) is 0 Å². The van der Waals surface area contributed by atoms with Crippen LogP contribution in [-0.2, 0) is 11.2 Å².